The zero-order chi connectivity index (χ0) is 17.3. The van der Waals surface area contributed by atoms with E-state index < -0.39 is 23.9 Å². The fourth-order valence-electron chi connectivity index (χ4n) is 3.38. The van der Waals surface area contributed by atoms with Gasteiger partial charge in [-0.05, 0) is 25.8 Å². The van der Waals surface area contributed by atoms with Crippen molar-refractivity contribution in [1.82, 2.24) is 5.32 Å². The third-order valence-electron chi connectivity index (χ3n) is 4.79. The van der Waals surface area contributed by atoms with Crippen molar-refractivity contribution in [1.29, 1.82) is 0 Å². The lowest BCUT2D eigenvalue weighted by Crippen LogP contribution is -2.48. The van der Waals surface area contributed by atoms with E-state index in [1.807, 2.05) is 0 Å². The Kier molecular flexibility index (Phi) is 4.87. The summed E-state index contributed by atoms with van der Waals surface area (Å²) in [6.07, 6.45) is 2.20. The number of ether oxygens (including phenoxy) is 1. The number of furan rings is 1. The van der Waals surface area contributed by atoms with Crippen molar-refractivity contribution < 1.29 is 23.4 Å². The first-order valence-corrected chi connectivity index (χ1v) is 8.22. The molecular formula is C18H22FNO4. The van der Waals surface area contributed by atoms with Crippen molar-refractivity contribution in [2.45, 2.75) is 50.9 Å². The number of fused-ring (bicyclic) bond motifs is 1. The number of carbonyl (C=O) groups excluding carboxylic acids is 1. The number of aliphatic hydroxyl groups excluding tert-OH is 1. The molecule has 1 aliphatic carbocycles. The zero-order valence-electron chi connectivity index (χ0n) is 13.8. The van der Waals surface area contributed by atoms with Gasteiger partial charge >= 0.3 is 0 Å². The minimum atomic E-state index is -0.775. The lowest BCUT2D eigenvalue weighted by atomic mass is 10.0. The molecule has 1 amide bonds. The summed E-state index contributed by atoms with van der Waals surface area (Å²) in [5.41, 5.74) is 0.671. The molecule has 0 saturated heterocycles. The molecule has 1 heterocycles. The largest absolute Gasteiger partial charge is 0.448 e. The molecule has 0 unspecified atom stereocenters. The summed E-state index contributed by atoms with van der Waals surface area (Å²) in [6, 6.07) is 4.18. The number of amides is 1. The average Bonchev–Trinajstić information content (AvgIpc) is 2.81. The van der Waals surface area contributed by atoms with Gasteiger partial charge in [0.2, 0.25) is 0 Å². The number of para-hydroxylation sites is 1. The van der Waals surface area contributed by atoms with Crippen molar-refractivity contribution in [2.24, 2.45) is 0 Å². The topological polar surface area (TPSA) is 71.7 Å². The minimum absolute atomic E-state index is 0.0799. The van der Waals surface area contributed by atoms with Gasteiger partial charge in [-0.1, -0.05) is 25.0 Å². The normalized spacial score (nSPS) is 24.8. The van der Waals surface area contributed by atoms with Crippen LogP contribution in [0.5, 0.6) is 0 Å². The maximum absolute atomic E-state index is 13.8. The standard InChI is InChI=1S/C18H22FNO4/c1-10-11-6-5-7-12(19)17(11)24-16(10)18(22)20-13-8-3-4-9-14(23-2)15(13)21/h5-7,13-15,21H,3-4,8-9H2,1-2H3,(H,20,22)/t13-,14-,15-/m1/s1. The molecule has 1 aliphatic rings. The average molecular weight is 335 g/mol. The highest BCUT2D eigenvalue weighted by Crippen LogP contribution is 2.28. The summed E-state index contributed by atoms with van der Waals surface area (Å²) in [6.45, 7) is 1.72. The molecule has 0 aliphatic heterocycles. The van der Waals surface area contributed by atoms with Gasteiger partial charge in [-0.15, -0.1) is 0 Å². The van der Waals surface area contributed by atoms with Crippen LogP contribution in [0.1, 0.15) is 41.8 Å². The fourth-order valence-corrected chi connectivity index (χ4v) is 3.38. The number of nitrogens with one attached hydrogen (secondary N) is 1. The number of aryl methyl sites for hydroxylation is 1. The highest BCUT2D eigenvalue weighted by atomic mass is 19.1. The van der Waals surface area contributed by atoms with Gasteiger partial charge < -0.3 is 19.6 Å². The molecule has 1 aromatic carbocycles. The summed E-state index contributed by atoms with van der Waals surface area (Å²) in [5.74, 6) is -0.854. The number of methoxy groups -OCH3 is 1. The van der Waals surface area contributed by atoms with Crippen molar-refractivity contribution >= 4 is 16.9 Å². The Morgan fingerprint density at radius 1 is 1.38 bits per heavy atom. The Labute approximate surface area is 139 Å². The molecular weight excluding hydrogens is 313 g/mol. The highest BCUT2D eigenvalue weighted by Gasteiger charge is 2.32. The molecule has 0 bridgehead atoms. The van der Waals surface area contributed by atoms with E-state index in [1.165, 1.54) is 6.07 Å². The van der Waals surface area contributed by atoms with Crippen molar-refractivity contribution in [3.05, 3.63) is 35.3 Å². The van der Waals surface area contributed by atoms with E-state index in [-0.39, 0.29) is 17.4 Å². The van der Waals surface area contributed by atoms with Gasteiger partial charge in [0.15, 0.2) is 17.2 Å². The Hall–Kier alpha value is -1.92. The summed E-state index contributed by atoms with van der Waals surface area (Å²) in [5, 5.41) is 13.8. The van der Waals surface area contributed by atoms with Crippen LogP contribution in [-0.4, -0.2) is 36.4 Å². The second-order valence-electron chi connectivity index (χ2n) is 6.30. The van der Waals surface area contributed by atoms with Crippen LogP contribution < -0.4 is 5.32 Å². The minimum Gasteiger partial charge on any atom is -0.448 e. The Morgan fingerprint density at radius 2 is 2.12 bits per heavy atom. The predicted molar refractivity (Wildman–Crippen MR) is 87.4 cm³/mol. The number of benzene rings is 1. The van der Waals surface area contributed by atoms with Gasteiger partial charge in [0.05, 0.1) is 12.1 Å². The quantitative estimate of drug-likeness (QED) is 0.846. The van der Waals surface area contributed by atoms with Crippen LogP contribution in [-0.2, 0) is 4.74 Å². The Bertz CT molecular complexity index is 742. The van der Waals surface area contributed by atoms with Crippen molar-refractivity contribution in [3.8, 4) is 0 Å². The lowest BCUT2D eigenvalue weighted by molar-refractivity contribution is -0.0278. The van der Waals surface area contributed by atoms with Crippen LogP contribution in [0.4, 0.5) is 4.39 Å². The van der Waals surface area contributed by atoms with Crippen LogP contribution in [0.25, 0.3) is 11.0 Å². The predicted octanol–water partition coefficient (Wildman–Crippen LogP) is 2.93. The zero-order valence-corrected chi connectivity index (χ0v) is 13.8. The summed E-state index contributed by atoms with van der Waals surface area (Å²) < 4.78 is 24.6. The smallest absolute Gasteiger partial charge is 0.287 e. The number of halogens is 1. The molecule has 6 heteroatoms. The molecule has 0 spiro atoms. The molecule has 2 aromatic rings. The molecule has 0 radical (unpaired) electrons. The first-order chi connectivity index (χ1) is 11.5. The second-order valence-corrected chi connectivity index (χ2v) is 6.30. The number of hydrogen-bond donors (Lipinski definition) is 2. The van der Waals surface area contributed by atoms with E-state index in [4.69, 9.17) is 9.15 Å². The SMILES string of the molecule is CO[C@@H]1CCCC[C@@H](NC(=O)c2oc3c(F)cccc3c2C)[C@H]1O. The van der Waals surface area contributed by atoms with Crippen LogP contribution in [0.15, 0.2) is 22.6 Å². The first-order valence-electron chi connectivity index (χ1n) is 8.22. The molecule has 3 atom stereocenters. The molecule has 2 N–H and O–H groups in total. The molecule has 3 rings (SSSR count). The molecule has 1 fully saturated rings. The monoisotopic (exact) mass is 335 g/mol. The van der Waals surface area contributed by atoms with Gasteiger partial charge in [0.25, 0.3) is 5.91 Å². The van der Waals surface area contributed by atoms with Gasteiger partial charge in [-0.2, -0.15) is 0 Å². The first kappa shape index (κ1) is 16.9. The lowest BCUT2D eigenvalue weighted by Gasteiger charge is -2.26. The van der Waals surface area contributed by atoms with Crippen LogP contribution in [0, 0.1) is 12.7 Å². The highest BCUT2D eigenvalue weighted by molar-refractivity contribution is 5.99. The molecule has 24 heavy (non-hydrogen) atoms. The van der Waals surface area contributed by atoms with Crippen LogP contribution in [0.3, 0.4) is 0 Å². The maximum Gasteiger partial charge on any atom is 0.287 e. The van der Waals surface area contributed by atoms with E-state index in [2.05, 4.69) is 5.32 Å². The Balaban J connectivity index is 1.84. The summed E-state index contributed by atoms with van der Waals surface area (Å²) in [4.78, 5) is 12.6. The fraction of sp³-hybridized carbons (Fsp3) is 0.500. The number of hydrogen-bond acceptors (Lipinski definition) is 4. The van der Waals surface area contributed by atoms with E-state index in [0.29, 0.717) is 17.4 Å². The van der Waals surface area contributed by atoms with Gasteiger partial charge in [0, 0.05) is 18.1 Å². The summed E-state index contributed by atoms with van der Waals surface area (Å²) >= 11 is 0. The van der Waals surface area contributed by atoms with Crippen LogP contribution >= 0.6 is 0 Å². The Morgan fingerprint density at radius 3 is 2.83 bits per heavy atom. The number of rotatable bonds is 3. The van der Waals surface area contributed by atoms with E-state index in [1.54, 1.807) is 26.2 Å². The van der Waals surface area contributed by atoms with Crippen molar-refractivity contribution in [2.75, 3.05) is 7.11 Å². The van der Waals surface area contributed by atoms with Gasteiger partial charge in [-0.25, -0.2) is 4.39 Å². The van der Waals surface area contributed by atoms with E-state index in [0.717, 1.165) is 19.3 Å². The third-order valence-corrected chi connectivity index (χ3v) is 4.79. The third kappa shape index (κ3) is 3.03. The van der Waals surface area contributed by atoms with Crippen molar-refractivity contribution in [3.63, 3.8) is 0 Å². The van der Waals surface area contributed by atoms with Gasteiger partial charge in [-0.3, -0.25) is 4.79 Å². The maximum atomic E-state index is 13.8. The summed E-state index contributed by atoms with van der Waals surface area (Å²) in [7, 11) is 1.56. The molecule has 1 saturated carbocycles. The van der Waals surface area contributed by atoms with Crippen LogP contribution in [0.2, 0.25) is 0 Å². The van der Waals surface area contributed by atoms with E-state index in [9.17, 15) is 14.3 Å². The number of carbonyl (C=O) groups is 1. The van der Waals surface area contributed by atoms with Gasteiger partial charge in [0.1, 0.15) is 6.10 Å². The molecule has 5 nitrogen and oxygen atoms in total. The second kappa shape index (κ2) is 6.91. The molecule has 1 aromatic heterocycles. The molecule has 130 valence electrons. The number of aliphatic hydroxyl groups is 1. The van der Waals surface area contributed by atoms with E-state index >= 15 is 0 Å².